The van der Waals surface area contributed by atoms with Crippen LogP contribution in [0.5, 0.6) is 0 Å². The molecule has 0 bridgehead atoms. The molecule has 3 aromatic rings. The predicted molar refractivity (Wildman–Crippen MR) is 101 cm³/mol. The van der Waals surface area contributed by atoms with Crippen molar-refractivity contribution in [3.05, 3.63) is 77.9 Å². The maximum absolute atomic E-state index is 12.3. The molecule has 138 valence electrons. The minimum atomic E-state index is -0.351. The summed E-state index contributed by atoms with van der Waals surface area (Å²) in [5.41, 5.74) is 6.27. The van der Waals surface area contributed by atoms with E-state index in [1.807, 2.05) is 30.3 Å². The van der Waals surface area contributed by atoms with Gasteiger partial charge >= 0.3 is 0 Å². The van der Waals surface area contributed by atoms with Gasteiger partial charge in [-0.2, -0.15) is 0 Å². The monoisotopic (exact) mass is 365 g/mol. The van der Waals surface area contributed by atoms with Crippen LogP contribution in [0.15, 0.2) is 60.9 Å². The Morgan fingerprint density at radius 1 is 1.15 bits per heavy atom. The molecule has 1 atom stereocenters. The minimum absolute atomic E-state index is 0.132. The average molecular weight is 365 g/mol. The van der Waals surface area contributed by atoms with Crippen molar-refractivity contribution in [3.63, 3.8) is 0 Å². The van der Waals surface area contributed by atoms with Gasteiger partial charge in [-0.05, 0) is 54.7 Å². The Kier molecular flexibility index (Phi) is 5.88. The van der Waals surface area contributed by atoms with E-state index in [-0.39, 0.29) is 17.6 Å². The second-order valence-corrected chi connectivity index (χ2v) is 6.32. The van der Waals surface area contributed by atoms with E-state index in [0.29, 0.717) is 5.56 Å². The molecule has 0 saturated heterocycles. The molecule has 0 aliphatic heterocycles. The van der Waals surface area contributed by atoms with Gasteiger partial charge in [0.1, 0.15) is 5.82 Å². The zero-order valence-corrected chi connectivity index (χ0v) is 14.9. The molecule has 1 amide bonds. The van der Waals surface area contributed by atoms with Crippen LogP contribution < -0.4 is 5.48 Å². The summed E-state index contributed by atoms with van der Waals surface area (Å²) in [5, 5.41) is 8.65. The average Bonchev–Trinajstić information content (AvgIpc) is 3.20. The van der Waals surface area contributed by atoms with Gasteiger partial charge in [0, 0.05) is 12.4 Å². The van der Waals surface area contributed by atoms with Crippen LogP contribution in [0.4, 0.5) is 4.39 Å². The summed E-state index contributed by atoms with van der Waals surface area (Å²) in [7, 11) is 0. The minimum Gasteiger partial charge on any atom is -0.289 e. The van der Waals surface area contributed by atoms with Gasteiger partial charge in [-0.1, -0.05) is 30.3 Å². The van der Waals surface area contributed by atoms with E-state index in [9.17, 15) is 9.18 Å². The Hall–Kier alpha value is -3.12. The van der Waals surface area contributed by atoms with Gasteiger partial charge in [0.05, 0.1) is 17.0 Å². The van der Waals surface area contributed by atoms with Crippen LogP contribution >= 0.6 is 0 Å². The second kappa shape index (κ2) is 8.51. The van der Waals surface area contributed by atoms with Crippen LogP contribution in [0.3, 0.4) is 0 Å². The van der Waals surface area contributed by atoms with Crippen LogP contribution in [0.2, 0.25) is 0 Å². The number of hydrogen-bond acceptors (Lipinski definition) is 4. The van der Waals surface area contributed by atoms with Crippen LogP contribution in [0.1, 0.15) is 24.0 Å². The first-order valence-corrected chi connectivity index (χ1v) is 8.65. The molecular formula is C21H20FN3O2. The van der Waals surface area contributed by atoms with E-state index in [0.717, 1.165) is 35.0 Å². The van der Waals surface area contributed by atoms with E-state index < -0.39 is 0 Å². The molecule has 2 aromatic carbocycles. The smallest absolute Gasteiger partial charge is 0.250 e. The Bertz CT molecular complexity index is 967. The maximum Gasteiger partial charge on any atom is 0.250 e. The van der Waals surface area contributed by atoms with E-state index in [2.05, 4.69) is 9.97 Å². The third-order valence-electron chi connectivity index (χ3n) is 4.49. The fraction of sp³-hybridized carbons (Fsp3) is 0.190. The molecule has 27 heavy (non-hydrogen) atoms. The third kappa shape index (κ3) is 4.54. The molecule has 4 rings (SSSR count). The number of carbonyl (C=O) groups excluding carboxylic acids is 1. The number of nitrogens with one attached hydrogen (secondary N) is 1. The fourth-order valence-electron chi connectivity index (χ4n) is 2.96. The zero-order chi connectivity index (χ0) is 19.2. The van der Waals surface area contributed by atoms with Gasteiger partial charge in [0.25, 0.3) is 0 Å². The van der Waals surface area contributed by atoms with Crippen molar-refractivity contribution in [2.75, 3.05) is 0 Å². The number of benzene rings is 2. The number of hydroxylamine groups is 1. The van der Waals surface area contributed by atoms with E-state index >= 15 is 0 Å². The number of nitrogens with zero attached hydrogens (tertiary/aromatic N) is 2. The molecule has 1 unspecified atom stereocenters. The Balaban J connectivity index is 0.000000221. The number of aromatic nitrogens is 2. The van der Waals surface area contributed by atoms with Crippen molar-refractivity contribution in [2.24, 2.45) is 5.92 Å². The third-order valence-corrected chi connectivity index (χ3v) is 4.49. The van der Waals surface area contributed by atoms with Crippen LogP contribution in [0.25, 0.3) is 16.6 Å². The summed E-state index contributed by atoms with van der Waals surface area (Å²) >= 11 is 0. The molecule has 0 saturated carbocycles. The lowest BCUT2D eigenvalue weighted by atomic mass is 10.0. The Morgan fingerprint density at radius 2 is 1.89 bits per heavy atom. The normalized spacial score (nSPS) is 15.7. The Labute approximate surface area is 156 Å². The summed E-state index contributed by atoms with van der Waals surface area (Å²) in [6.45, 7) is 1.75. The lowest BCUT2D eigenvalue weighted by molar-refractivity contribution is -0.131. The summed E-state index contributed by atoms with van der Waals surface area (Å²) in [5.74, 6) is -0.736. The highest BCUT2D eigenvalue weighted by Gasteiger charge is 2.23. The highest BCUT2D eigenvalue weighted by atomic mass is 19.1. The number of amides is 1. The molecule has 5 nitrogen and oxygen atoms in total. The fourth-order valence-corrected chi connectivity index (χ4v) is 2.96. The highest BCUT2D eigenvalue weighted by molar-refractivity contribution is 5.86. The zero-order valence-electron chi connectivity index (χ0n) is 14.9. The predicted octanol–water partition coefficient (Wildman–Crippen LogP) is 4.06. The first kappa shape index (κ1) is 18.7. The van der Waals surface area contributed by atoms with Crippen LogP contribution in [-0.4, -0.2) is 21.1 Å². The van der Waals surface area contributed by atoms with Gasteiger partial charge < -0.3 is 0 Å². The molecule has 1 aliphatic carbocycles. The molecule has 0 radical (unpaired) electrons. The molecular weight excluding hydrogens is 345 g/mol. The van der Waals surface area contributed by atoms with Crippen molar-refractivity contribution >= 4 is 22.5 Å². The lowest BCUT2D eigenvalue weighted by Gasteiger charge is -2.03. The van der Waals surface area contributed by atoms with Crippen molar-refractivity contribution in [1.29, 1.82) is 0 Å². The number of halogens is 1. The number of allylic oxidation sites excluding steroid dienone is 1. The summed E-state index contributed by atoms with van der Waals surface area (Å²) in [6.07, 6.45) is 6.78. The van der Waals surface area contributed by atoms with Crippen molar-refractivity contribution in [3.8, 4) is 0 Å². The molecule has 6 heteroatoms. The maximum atomic E-state index is 12.3. The van der Waals surface area contributed by atoms with Gasteiger partial charge in [-0.25, -0.2) is 9.87 Å². The van der Waals surface area contributed by atoms with Crippen LogP contribution in [-0.2, 0) is 4.79 Å². The van der Waals surface area contributed by atoms with Crippen molar-refractivity contribution in [2.45, 2.75) is 19.8 Å². The first-order chi connectivity index (χ1) is 13.1. The number of aryl methyl sites for hydroxylation is 1. The molecule has 1 aliphatic rings. The molecule has 0 fully saturated rings. The molecule has 1 aromatic heterocycles. The number of fused-ring (bicyclic) bond motifs is 1. The standard InChI is InChI=1S/C14H13N3O2.C7H7F/c18-14(17-19)11-2-1-9(7-11)10-3-4-12-13(8-10)16-6-5-15-12;1-6-4-2-3-5-7(6)8/h3-8,11,19H,1-2H2,(H,17,18);2-5H,1H3. The summed E-state index contributed by atoms with van der Waals surface area (Å²) in [6, 6.07) is 12.6. The summed E-state index contributed by atoms with van der Waals surface area (Å²) < 4.78 is 12.3. The van der Waals surface area contributed by atoms with E-state index in [1.54, 1.807) is 36.9 Å². The second-order valence-electron chi connectivity index (χ2n) is 6.32. The van der Waals surface area contributed by atoms with Gasteiger partial charge in [-0.3, -0.25) is 20.0 Å². The Morgan fingerprint density at radius 3 is 2.56 bits per heavy atom. The molecule has 0 spiro atoms. The van der Waals surface area contributed by atoms with E-state index in [1.165, 1.54) is 6.07 Å². The van der Waals surface area contributed by atoms with Crippen molar-refractivity contribution < 1.29 is 14.4 Å². The van der Waals surface area contributed by atoms with Gasteiger partial charge in [-0.15, -0.1) is 0 Å². The summed E-state index contributed by atoms with van der Waals surface area (Å²) in [4.78, 5) is 19.9. The number of carbonyl (C=O) groups is 1. The number of rotatable bonds is 2. The number of hydrogen-bond donors (Lipinski definition) is 2. The molecule has 2 N–H and O–H groups in total. The van der Waals surface area contributed by atoms with Gasteiger partial charge in [0.15, 0.2) is 0 Å². The topological polar surface area (TPSA) is 75.1 Å². The quantitative estimate of drug-likeness (QED) is 0.530. The van der Waals surface area contributed by atoms with Crippen LogP contribution in [0, 0.1) is 18.7 Å². The lowest BCUT2D eigenvalue weighted by Crippen LogP contribution is -2.25. The van der Waals surface area contributed by atoms with Crippen molar-refractivity contribution in [1.82, 2.24) is 15.4 Å². The highest BCUT2D eigenvalue weighted by Crippen LogP contribution is 2.32. The van der Waals surface area contributed by atoms with E-state index in [4.69, 9.17) is 5.21 Å². The first-order valence-electron chi connectivity index (χ1n) is 8.65. The largest absolute Gasteiger partial charge is 0.289 e. The van der Waals surface area contributed by atoms with Gasteiger partial charge in [0.2, 0.25) is 5.91 Å². The molecule has 1 heterocycles. The SMILES string of the molecule is Cc1ccccc1F.O=C(NO)C1C=C(c2ccc3nccnc3c2)CC1.